The Balaban J connectivity index is 2.84. The van der Waals surface area contributed by atoms with E-state index in [1.807, 2.05) is 6.11 Å². The van der Waals surface area contributed by atoms with Gasteiger partial charge in [-0.2, -0.15) is 0 Å². The summed E-state index contributed by atoms with van der Waals surface area (Å²) in [5.74, 6) is 0.568. The minimum Gasteiger partial charge on any atom is -0.408 e. The fourth-order valence-corrected chi connectivity index (χ4v) is 0.682. The van der Waals surface area contributed by atoms with Crippen LogP contribution < -0.4 is 4.74 Å². The first-order valence-electron chi connectivity index (χ1n) is 3.04. The number of carbonyl (C=O) groups is 1. The maximum Gasteiger partial charge on any atom is 0.150 e. The first kappa shape index (κ1) is 7.36. The molecule has 0 saturated heterocycles. The summed E-state index contributed by atoms with van der Waals surface area (Å²) in [6, 6.07) is 6.56. The number of carbonyl (C=O) groups excluding carboxylic acids is 1. The summed E-state index contributed by atoms with van der Waals surface area (Å²) in [5.41, 5.74) is 0.606. The first-order valence-corrected chi connectivity index (χ1v) is 3.04. The van der Waals surface area contributed by atoms with Gasteiger partial charge in [0.2, 0.25) is 0 Å². The van der Waals surface area contributed by atoms with E-state index in [9.17, 15) is 4.79 Å². The van der Waals surface area contributed by atoms with E-state index in [1.165, 1.54) is 0 Å². The van der Waals surface area contributed by atoms with Crippen LogP contribution in [0.5, 0.6) is 5.75 Å². The Morgan fingerprint density at radius 1 is 1.36 bits per heavy atom. The Morgan fingerprint density at radius 2 is 2.00 bits per heavy atom. The lowest BCUT2D eigenvalue weighted by Gasteiger charge is -1.94. The average Bonchev–Trinajstić information content (AvgIpc) is 2.07. The third kappa shape index (κ3) is 1.84. The molecular weight excluding hydrogens is 140 g/mol. The second-order valence-corrected chi connectivity index (χ2v) is 1.91. The van der Waals surface area contributed by atoms with Crippen LogP contribution in [0.2, 0.25) is 0 Å². The van der Waals surface area contributed by atoms with Crippen LogP contribution in [-0.2, 0) is 0 Å². The Kier molecular flexibility index (Phi) is 2.29. The van der Waals surface area contributed by atoms with Crippen molar-refractivity contribution in [2.75, 3.05) is 0 Å². The van der Waals surface area contributed by atoms with E-state index in [0.717, 1.165) is 6.29 Å². The molecule has 0 N–H and O–H groups in total. The summed E-state index contributed by atoms with van der Waals surface area (Å²) in [6.07, 6.45) is 7.69. The largest absolute Gasteiger partial charge is 0.408 e. The van der Waals surface area contributed by atoms with Crippen molar-refractivity contribution in [2.45, 2.75) is 0 Å². The standard InChI is InChI=1S/C9H6O2/c1-2-11-9-5-3-8(7-10)4-6-9/h1,3-7H. The molecule has 1 rings (SSSR count). The van der Waals surface area contributed by atoms with Crippen LogP contribution in [0.1, 0.15) is 10.4 Å². The van der Waals surface area contributed by atoms with E-state index < -0.39 is 0 Å². The predicted molar refractivity (Wildman–Crippen MR) is 41.3 cm³/mol. The number of hydrogen-bond acceptors (Lipinski definition) is 2. The summed E-state index contributed by atoms with van der Waals surface area (Å²) in [5, 5.41) is 0. The van der Waals surface area contributed by atoms with Gasteiger partial charge in [0.05, 0.1) is 0 Å². The number of ether oxygens (including phenoxy) is 1. The lowest BCUT2D eigenvalue weighted by atomic mass is 10.2. The molecule has 1 aromatic carbocycles. The van der Waals surface area contributed by atoms with Gasteiger partial charge in [0.15, 0.2) is 0 Å². The predicted octanol–water partition coefficient (Wildman–Crippen LogP) is 1.47. The Bertz CT molecular complexity index is 279. The molecule has 0 bridgehead atoms. The summed E-state index contributed by atoms with van der Waals surface area (Å²) in [4.78, 5) is 10.2. The van der Waals surface area contributed by atoms with Crippen LogP contribution in [0.3, 0.4) is 0 Å². The normalized spacial score (nSPS) is 8.27. The van der Waals surface area contributed by atoms with Gasteiger partial charge in [0.1, 0.15) is 18.1 Å². The lowest BCUT2D eigenvalue weighted by molar-refractivity contribution is 0.112. The van der Waals surface area contributed by atoms with Crippen LogP contribution in [0.4, 0.5) is 0 Å². The molecule has 0 aliphatic rings. The molecule has 0 aliphatic heterocycles. The smallest absolute Gasteiger partial charge is 0.150 e. The van der Waals surface area contributed by atoms with Crippen LogP contribution >= 0.6 is 0 Å². The molecule has 0 aromatic heterocycles. The number of hydrogen-bond donors (Lipinski definition) is 0. The van der Waals surface area contributed by atoms with Crippen LogP contribution in [0.15, 0.2) is 24.3 Å². The van der Waals surface area contributed by atoms with Gasteiger partial charge in [0.25, 0.3) is 0 Å². The van der Waals surface area contributed by atoms with Crippen LogP contribution in [0.25, 0.3) is 0 Å². The molecule has 1 aromatic rings. The molecule has 0 fully saturated rings. The van der Waals surface area contributed by atoms with Gasteiger partial charge in [-0.25, -0.2) is 0 Å². The van der Waals surface area contributed by atoms with Gasteiger partial charge in [-0.3, -0.25) is 4.79 Å². The van der Waals surface area contributed by atoms with Crippen LogP contribution in [0, 0.1) is 12.5 Å². The van der Waals surface area contributed by atoms with Crippen molar-refractivity contribution >= 4 is 6.29 Å². The number of benzene rings is 1. The summed E-state index contributed by atoms with van der Waals surface area (Å²) >= 11 is 0. The quantitative estimate of drug-likeness (QED) is 0.466. The van der Waals surface area contributed by atoms with Crippen molar-refractivity contribution in [3.63, 3.8) is 0 Å². The molecule has 0 saturated carbocycles. The Hall–Kier alpha value is -1.75. The van der Waals surface area contributed by atoms with E-state index in [1.54, 1.807) is 24.3 Å². The van der Waals surface area contributed by atoms with E-state index in [-0.39, 0.29) is 0 Å². The highest BCUT2D eigenvalue weighted by molar-refractivity contribution is 5.74. The van der Waals surface area contributed by atoms with Gasteiger partial charge in [-0.1, -0.05) is 6.42 Å². The van der Waals surface area contributed by atoms with E-state index in [2.05, 4.69) is 0 Å². The summed E-state index contributed by atoms with van der Waals surface area (Å²) in [6.45, 7) is 0. The van der Waals surface area contributed by atoms with Crippen molar-refractivity contribution in [3.8, 4) is 18.3 Å². The van der Waals surface area contributed by atoms with Gasteiger partial charge >= 0.3 is 0 Å². The van der Waals surface area contributed by atoms with Gasteiger partial charge in [-0.05, 0) is 24.3 Å². The molecule has 0 radical (unpaired) electrons. The van der Waals surface area contributed by atoms with E-state index in [4.69, 9.17) is 11.2 Å². The SMILES string of the molecule is C#COc1ccc(C=O)cc1. The highest BCUT2D eigenvalue weighted by Gasteiger charge is 1.91. The van der Waals surface area contributed by atoms with Crippen molar-refractivity contribution in [1.29, 1.82) is 0 Å². The van der Waals surface area contributed by atoms with Crippen molar-refractivity contribution in [2.24, 2.45) is 0 Å². The third-order valence-electron chi connectivity index (χ3n) is 1.19. The topological polar surface area (TPSA) is 26.3 Å². The second-order valence-electron chi connectivity index (χ2n) is 1.91. The van der Waals surface area contributed by atoms with Crippen molar-refractivity contribution in [1.82, 2.24) is 0 Å². The Labute approximate surface area is 64.8 Å². The molecular formula is C9H6O2. The number of rotatable bonds is 2. The minimum atomic E-state index is 0.568. The van der Waals surface area contributed by atoms with Crippen LogP contribution in [-0.4, -0.2) is 6.29 Å². The van der Waals surface area contributed by atoms with E-state index >= 15 is 0 Å². The monoisotopic (exact) mass is 146 g/mol. The van der Waals surface area contributed by atoms with Gasteiger partial charge < -0.3 is 4.74 Å². The third-order valence-corrected chi connectivity index (χ3v) is 1.19. The second kappa shape index (κ2) is 3.43. The fraction of sp³-hybridized carbons (Fsp3) is 0. The molecule has 2 nitrogen and oxygen atoms in total. The van der Waals surface area contributed by atoms with Gasteiger partial charge in [0, 0.05) is 5.56 Å². The zero-order valence-corrected chi connectivity index (χ0v) is 5.78. The molecule has 0 aliphatic carbocycles. The fourth-order valence-electron chi connectivity index (χ4n) is 0.682. The molecule has 0 spiro atoms. The Morgan fingerprint density at radius 3 is 2.45 bits per heavy atom. The zero-order chi connectivity index (χ0) is 8.10. The molecule has 0 heterocycles. The number of aldehydes is 1. The molecule has 0 amide bonds. The zero-order valence-electron chi connectivity index (χ0n) is 5.78. The average molecular weight is 146 g/mol. The summed E-state index contributed by atoms with van der Waals surface area (Å²) in [7, 11) is 0. The first-order chi connectivity index (χ1) is 5.36. The van der Waals surface area contributed by atoms with Crippen molar-refractivity contribution in [3.05, 3.63) is 29.8 Å². The van der Waals surface area contributed by atoms with Gasteiger partial charge in [-0.15, -0.1) is 0 Å². The summed E-state index contributed by atoms with van der Waals surface area (Å²) < 4.78 is 4.72. The maximum atomic E-state index is 10.2. The molecule has 2 heteroatoms. The van der Waals surface area contributed by atoms with E-state index in [0.29, 0.717) is 11.3 Å². The highest BCUT2D eigenvalue weighted by atomic mass is 16.5. The molecule has 54 valence electrons. The molecule has 0 unspecified atom stereocenters. The molecule has 11 heavy (non-hydrogen) atoms. The maximum absolute atomic E-state index is 10.2. The molecule has 0 atom stereocenters. The lowest BCUT2D eigenvalue weighted by Crippen LogP contribution is -1.82. The number of terminal acetylenes is 1. The van der Waals surface area contributed by atoms with Crippen molar-refractivity contribution < 1.29 is 9.53 Å². The highest BCUT2D eigenvalue weighted by Crippen LogP contribution is 2.09. The minimum absolute atomic E-state index is 0.568.